The molecule has 1 N–H and O–H groups in total. The highest BCUT2D eigenvalue weighted by molar-refractivity contribution is 5.82. The molecule has 3 aromatic rings. The van der Waals surface area contributed by atoms with Gasteiger partial charge in [-0.05, 0) is 23.5 Å². The monoisotopic (exact) mass is 333 g/mol. The second-order valence-corrected chi connectivity index (χ2v) is 6.34. The van der Waals surface area contributed by atoms with E-state index in [9.17, 15) is 4.79 Å². The van der Waals surface area contributed by atoms with Crippen LogP contribution in [0.5, 0.6) is 0 Å². The van der Waals surface area contributed by atoms with Crippen LogP contribution in [0.2, 0.25) is 0 Å². The van der Waals surface area contributed by atoms with Crippen molar-refractivity contribution in [3.63, 3.8) is 0 Å². The topological polar surface area (TPSA) is 68.0 Å². The fourth-order valence-electron chi connectivity index (χ4n) is 3.05. The van der Waals surface area contributed by atoms with E-state index in [0.717, 1.165) is 12.0 Å². The third-order valence-electron chi connectivity index (χ3n) is 4.48. The number of aromatic nitrogens is 2. The Morgan fingerprint density at radius 3 is 2.56 bits per heavy atom. The lowest BCUT2D eigenvalue weighted by atomic mass is 10.1. The van der Waals surface area contributed by atoms with Crippen LogP contribution in [0.4, 0.5) is 0 Å². The summed E-state index contributed by atoms with van der Waals surface area (Å²) in [6, 6.07) is 20.1. The molecule has 4 rings (SSSR count). The maximum Gasteiger partial charge on any atom is 0.231 e. The average molecular weight is 333 g/mol. The second-order valence-electron chi connectivity index (χ2n) is 6.34. The molecule has 1 aliphatic carbocycles. The Balaban J connectivity index is 1.28. The number of carbonyl (C=O) groups is 1. The van der Waals surface area contributed by atoms with Gasteiger partial charge in [-0.3, -0.25) is 4.79 Å². The van der Waals surface area contributed by atoms with Crippen molar-refractivity contribution in [2.75, 3.05) is 0 Å². The van der Waals surface area contributed by atoms with Crippen LogP contribution in [0.1, 0.15) is 35.2 Å². The molecule has 2 aromatic carbocycles. The molecule has 0 aliphatic heterocycles. The Labute approximate surface area is 146 Å². The molecule has 0 radical (unpaired) electrons. The quantitative estimate of drug-likeness (QED) is 0.753. The SMILES string of the molecule is O=C(NCc1noc(Cc2ccccc2)n1)[C@@H]1C[C@@H]1c1ccccc1. The summed E-state index contributed by atoms with van der Waals surface area (Å²) in [7, 11) is 0. The van der Waals surface area contributed by atoms with Crippen molar-refractivity contribution in [1.82, 2.24) is 15.5 Å². The van der Waals surface area contributed by atoms with E-state index in [0.29, 0.717) is 30.6 Å². The zero-order valence-corrected chi connectivity index (χ0v) is 13.8. The maximum atomic E-state index is 12.3. The number of hydrogen-bond acceptors (Lipinski definition) is 4. The number of amides is 1. The Bertz CT molecular complexity index is 846. The van der Waals surface area contributed by atoms with Gasteiger partial charge in [0.2, 0.25) is 11.8 Å². The van der Waals surface area contributed by atoms with Crippen LogP contribution >= 0.6 is 0 Å². The van der Waals surface area contributed by atoms with Crippen molar-refractivity contribution in [3.05, 3.63) is 83.5 Å². The molecule has 1 aromatic heterocycles. The van der Waals surface area contributed by atoms with Gasteiger partial charge in [-0.1, -0.05) is 65.8 Å². The van der Waals surface area contributed by atoms with Crippen LogP contribution in [0.15, 0.2) is 65.2 Å². The summed E-state index contributed by atoms with van der Waals surface area (Å²) in [6.45, 7) is 0.301. The number of nitrogens with zero attached hydrogens (tertiary/aromatic N) is 2. The molecule has 1 amide bonds. The molecule has 25 heavy (non-hydrogen) atoms. The third kappa shape index (κ3) is 3.76. The zero-order valence-electron chi connectivity index (χ0n) is 13.8. The van der Waals surface area contributed by atoms with E-state index in [1.165, 1.54) is 5.56 Å². The van der Waals surface area contributed by atoms with E-state index >= 15 is 0 Å². The molecular formula is C20H19N3O2. The highest BCUT2D eigenvalue weighted by atomic mass is 16.5. The molecule has 1 saturated carbocycles. The molecule has 2 atom stereocenters. The van der Waals surface area contributed by atoms with Gasteiger partial charge in [0.25, 0.3) is 0 Å². The summed E-state index contributed by atoms with van der Waals surface area (Å²) < 4.78 is 5.26. The molecule has 5 nitrogen and oxygen atoms in total. The summed E-state index contributed by atoms with van der Waals surface area (Å²) in [5, 5.41) is 6.85. The van der Waals surface area contributed by atoms with Gasteiger partial charge >= 0.3 is 0 Å². The predicted molar refractivity (Wildman–Crippen MR) is 92.7 cm³/mol. The van der Waals surface area contributed by atoms with Crippen LogP contribution in [0.3, 0.4) is 0 Å². The van der Waals surface area contributed by atoms with Gasteiger partial charge < -0.3 is 9.84 Å². The van der Waals surface area contributed by atoms with Crippen molar-refractivity contribution < 1.29 is 9.32 Å². The first kappa shape index (κ1) is 15.6. The van der Waals surface area contributed by atoms with Crippen molar-refractivity contribution in [1.29, 1.82) is 0 Å². The first-order chi connectivity index (χ1) is 12.3. The summed E-state index contributed by atoms with van der Waals surface area (Å²) in [4.78, 5) is 16.6. The van der Waals surface area contributed by atoms with Crippen LogP contribution in [-0.2, 0) is 17.8 Å². The lowest BCUT2D eigenvalue weighted by Gasteiger charge is -2.02. The number of rotatable bonds is 6. The van der Waals surface area contributed by atoms with Gasteiger partial charge in [0, 0.05) is 5.92 Å². The Morgan fingerprint density at radius 1 is 1.08 bits per heavy atom. The molecular weight excluding hydrogens is 314 g/mol. The van der Waals surface area contributed by atoms with Crippen molar-refractivity contribution in [3.8, 4) is 0 Å². The molecule has 1 aliphatic rings. The average Bonchev–Trinajstić information content (AvgIpc) is 3.35. The molecule has 1 fully saturated rings. The number of nitrogens with one attached hydrogen (secondary N) is 1. The summed E-state index contributed by atoms with van der Waals surface area (Å²) in [5.41, 5.74) is 2.35. The molecule has 0 saturated heterocycles. The van der Waals surface area contributed by atoms with E-state index < -0.39 is 0 Å². The van der Waals surface area contributed by atoms with Crippen LogP contribution < -0.4 is 5.32 Å². The van der Waals surface area contributed by atoms with Crippen molar-refractivity contribution in [2.24, 2.45) is 5.92 Å². The smallest absolute Gasteiger partial charge is 0.231 e. The van der Waals surface area contributed by atoms with Crippen LogP contribution in [-0.4, -0.2) is 16.0 Å². The second kappa shape index (κ2) is 6.89. The molecule has 126 valence electrons. The first-order valence-corrected chi connectivity index (χ1v) is 8.47. The third-order valence-corrected chi connectivity index (χ3v) is 4.48. The van der Waals surface area contributed by atoms with Gasteiger partial charge in [0.05, 0.1) is 13.0 Å². The zero-order chi connectivity index (χ0) is 17.1. The van der Waals surface area contributed by atoms with Crippen molar-refractivity contribution >= 4 is 5.91 Å². The lowest BCUT2D eigenvalue weighted by Crippen LogP contribution is -2.25. The Morgan fingerprint density at radius 2 is 1.80 bits per heavy atom. The fraction of sp³-hybridized carbons (Fsp3) is 0.250. The van der Waals surface area contributed by atoms with E-state index in [2.05, 4.69) is 27.6 Å². The minimum absolute atomic E-state index is 0.0538. The van der Waals surface area contributed by atoms with Gasteiger partial charge in [0.1, 0.15) is 0 Å². The van der Waals surface area contributed by atoms with Crippen LogP contribution in [0.25, 0.3) is 0 Å². The number of hydrogen-bond donors (Lipinski definition) is 1. The van der Waals surface area contributed by atoms with Gasteiger partial charge in [-0.15, -0.1) is 0 Å². The highest BCUT2D eigenvalue weighted by Crippen LogP contribution is 2.47. The Hall–Kier alpha value is -2.95. The summed E-state index contributed by atoms with van der Waals surface area (Å²) in [6.07, 6.45) is 1.50. The van der Waals surface area contributed by atoms with E-state index in [1.807, 2.05) is 48.5 Å². The van der Waals surface area contributed by atoms with E-state index in [4.69, 9.17) is 4.52 Å². The maximum absolute atomic E-state index is 12.3. The largest absolute Gasteiger partial charge is 0.348 e. The van der Waals surface area contributed by atoms with Gasteiger partial charge in [-0.2, -0.15) is 4.98 Å². The first-order valence-electron chi connectivity index (χ1n) is 8.47. The fourth-order valence-corrected chi connectivity index (χ4v) is 3.05. The van der Waals surface area contributed by atoms with E-state index in [1.54, 1.807) is 0 Å². The Kier molecular flexibility index (Phi) is 4.29. The van der Waals surface area contributed by atoms with Crippen molar-refractivity contribution in [2.45, 2.75) is 25.3 Å². The summed E-state index contributed by atoms with van der Waals surface area (Å²) >= 11 is 0. The lowest BCUT2D eigenvalue weighted by molar-refractivity contribution is -0.122. The molecule has 0 spiro atoms. The van der Waals surface area contributed by atoms with Gasteiger partial charge in [0.15, 0.2) is 5.82 Å². The molecule has 5 heteroatoms. The predicted octanol–water partition coefficient (Wildman–Crippen LogP) is 3.08. The highest BCUT2D eigenvalue weighted by Gasteiger charge is 2.43. The standard InChI is InChI=1S/C20H19N3O2/c24-20(17-12-16(17)15-9-5-2-6-10-15)21-13-18-22-19(25-23-18)11-14-7-3-1-4-8-14/h1-10,16-17H,11-13H2,(H,21,24)/t16-,17-/m1/s1. The number of carbonyl (C=O) groups excluding carboxylic acids is 1. The van der Waals surface area contributed by atoms with Crippen LogP contribution in [0, 0.1) is 5.92 Å². The normalized spacial score (nSPS) is 18.7. The molecule has 1 heterocycles. The minimum Gasteiger partial charge on any atom is -0.348 e. The molecule has 0 unspecified atom stereocenters. The minimum atomic E-state index is 0.0538. The summed E-state index contributed by atoms with van der Waals surface area (Å²) in [5.74, 6) is 1.52. The number of benzene rings is 2. The van der Waals surface area contributed by atoms with E-state index in [-0.39, 0.29) is 11.8 Å². The molecule has 0 bridgehead atoms. The van der Waals surface area contributed by atoms with Gasteiger partial charge in [-0.25, -0.2) is 0 Å².